The fourth-order valence-electron chi connectivity index (χ4n) is 1.80. The van der Waals surface area contributed by atoms with Gasteiger partial charge in [-0.05, 0) is 46.4 Å². The summed E-state index contributed by atoms with van der Waals surface area (Å²) in [6.45, 7) is 0. The lowest BCUT2D eigenvalue weighted by Gasteiger charge is -2.18. The zero-order chi connectivity index (χ0) is 14.8. The van der Waals surface area contributed by atoms with Crippen molar-refractivity contribution in [3.05, 3.63) is 63.2 Å². The van der Waals surface area contributed by atoms with E-state index < -0.39 is 12.4 Å². The predicted molar refractivity (Wildman–Crippen MR) is 78.3 cm³/mol. The first kappa shape index (κ1) is 15.1. The Morgan fingerprint density at radius 3 is 2.20 bits per heavy atom. The summed E-state index contributed by atoms with van der Waals surface area (Å²) in [5, 5.41) is 0. The van der Waals surface area contributed by atoms with Gasteiger partial charge in [0, 0.05) is 9.13 Å². The van der Waals surface area contributed by atoms with Crippen LogP contribution in [0.4, 0.5) is 13.2 Å². The third-order valence-corrected chi connectivity index (χ3v) is 3.43. The Balaban J connectivity index is 2.34. The van der Waals surface area contributed by atoms with Crippen LogP contribution in [0.2, 0.25) is 0 Å². The van der Waals surface area contributed by atoms with Gasteiger partial charge in [-0.2, -0.15) is 0 Å². The van der Waals surface area contributed by atoms with Crippen LogP contribution in [-0.2, 0) is 0 Å². The van der Waals surface area contributed by atoms with Gasteiger partial charge in [-0.1, -0.05) is 30.3 Å². The monoisotopic (exact) mass is 393 g/mol. The SMILES string of the molecule is NC(c1ccc(I)cc1)c1ccccc1OC(F)(F)F. The van der Waals surface area contributed by atoms with Gasteiger partial charge in [0.2, 0.25) is 0 Å². The van der Waals surface area contributed by atoms with Crippen LogP contribution in [-0.4, -0.2) is 6.36 Å². The Labute approximate surface area is 127 Å². The Hall–Kier alpha value is -1.28. The maximum Gasteiger partial charge on any atom is 0.573 e. The van der Waals surface area contributed by atoms with Gasteiger partial charge in [0.25, 0.3) is 0 Å². The second-order valence-corrected chi connectivity index (χ2v) is 5.36. The predicted octanol–water partition coefficient (Wildman–Crippen LogP) is 4.24. The van der Waals surface area contributed by atoms with Crippen molar-refractivity contribution in [2.45, 2.75) is 12.4 Å². The highest BCUT2D eigenvalue weighted by atomic mass is 127. The van der Waals surface area contributed by atoms with E-state index in [1.165, 1.54) is 18.2 Å². The Bertz CT molecular complexity index is 584. The van der Waals surface area contributed by atoms with E-state index in [0.717, 1.165) is 9.13 Å². The van der Waals surface area contributed by atoms with Crippen LogP contribution in [0.3, 0.4) is 0 Å². The van der Waals surface area contributed by atoms with E-state index in [0.29, 0.717) is 5.56 Å². The molecule has 1 unspecified atom stereocenters. The lowest BCUT2D eigenvalue weighted by molar-refractivity contribution is -0.274. The molecule has 0 bridgehead atoms. The number of alkyl halides is 3. The van der Waals surface area contributed by atoms with Gasteiger partial charge >= 0.3 is 6.36 Å². The smallest absolute Gasteiger partial charge is 0.405 e. The van der Waals surface area contributed by atoms with Gasteiger partial charge in [-0.25, -0.2) is 0 Å². The Morgan fingerprint density at radius 2 is 1.60 bits per heavy atom. The van der Waals surface area contributed by atoms with Crippen molar-refractivity contribution < 1.29 is 17.9 Å². The minimum Gasteiger partial charge on any atom is -0.405 e. The van der Waals surface area contributed by atoms with Gasteiger partial charge in [0.15, 0.2) is 0 Å². The van der Waals surface area contributed by atoms with E-state index in [9.17, 15) is 13.2 Å². The summed E-state index contributed by atoms with van der Waals surface area (Å²) in [7, 11) is 0. The van der Waals surface area contributed by atoms with Crippen LogP contribution in [0.1, 0.15) is 17.2 Å². The third-order valence-electron chi connectivity index (χ3n) is 2.71. The average Bonchev–Trinajstić information content (AvgIpc) is 2.37. The molecule has 0 aromatic heterocycles. The first-order valence-electron chi connectivity index (χ1n) is 5.72. The molecule has 0 aliphatic rings. The summed E-state index contributed by atoms with van der Waals surface area (Å²) in [5.74, 6) is -0.272. The molecule has 0 heterocycles. The molecule has 2 N–H and O–H groups in total. The van der Waals surface area contributed by atoms with Crippen molar-refractivity contribution in [2.24, 2.45) is 5.73 Å². The van der Waals surface area contributed by atoms with E-state index in [2.05, 4.69) is 27.3 Å². The largest absolute Gasteiger partial charge is 0.573 e. The lowest BCUT2D eigenvalue weighted by Crippen LogP contribution is -2.20. The molecule has 0 spiro atoms. The first-order chi connectivity index (χ1) is 9.37. The molecule has 0 saturated heterocycles. The molecular weight excluding hydrogens is 382 g/mol. The second kappa shape index (κ2) is 6.01. The molecule has 0 aliphatic heterocycles. The molecule has 20 heavy (non-hydrogen) atoms. The molecule has 2 aromatic rings. The summed E-state index contributed by atoms with van der Waals surface area (Å²) in [4.78, 5) is 0. The maximum absolute atomic E-state index is 12.4. The summed E-state index contributed by atoms with van der Waals surface area (Å²) in [6, 6.07) is 12.5. The summed E-state index contributed by atoms with van der Waals surface area (Å²) in [5.41, 5.74) is 7.06. The Morgan fingerprint density at radius 1 is 1.00 bits per heavy atom. The molecule has 0 fully saturated rings. The number of halogens is 4. The molecule has 0 amide bonds. The van der Waals surface area contributed by atoms with E-state index in [-0.39, 0.29) is 5.75 Å². The van der Waals surface area contributed by atoms with Crippen LogP contribution in [0.5, 0.6) is 5.75 Å². The molecule has 0 saturated carbocycles. The third kappa shape index (κ3) is 3.86. The minimum atomic E-state index is -4.73. The number of hydrogen-bond acceptors (Lipinski definition) is 2. The standard InChI is InChI=1S/C14H11F3INO/c15-14(16,17)20-12-4-2-1-3-11(12)13(19)9-5-7-10(18)8-6-9/h1-8,13H,19H2. The van der Waals surface area contributed by atoms with Gasteiger partial charge in [-0.15, -0.1) is 13.2 Å². The average molecular weight is 393 g/mol. The highest BCUT2D eigenvalue weighted by molar-refractivity contribution is 14.1. The van der Waals surface area contributed by atoms with Crippen LogP contribution < -0.4 is 10.5 Å². The topological polar surface area (TPSA) is 35.2 Å². The molecule has 2 aromatic carbocycles. The molecule has 2 nitrogen and oxygen atoms in total. The number of nitrogens with two attached hydrogens (primary N) is 1. The number of hydrogen-bond donors (Lipinski definition) is 1. The van der Waals surface area contributed by atoms with Gasteiger partial charge in [0.05, 0.1) is 6.04 Å². The molecular formula is C14H11F3INO. The first-order valence-corrected chi connectivity index (χ1v) is 6.80. The highest BCUT2D eigenvalue weighted by Crippen LogP contribution is 2.32. The van der Waals surface area contributed by atoms with Crippen molar-refractivity contribution in [3.63, 3.8) is 0 Å². The zero-order valence-corrected chi connectivity index (χ0v) is 12.4. The number of ether oxygens (including phenoxy) is 1. The summed E-state index contributed by atoms with van der Waals surface area (Å²) < 4.78 is 42.2. The van der Waals surface area contributed by atoms with Crippen molar-refractivity contribution in [2.75, 3.05) is 0 Å². The van der Waals surface area contributed by atoms with Gasteiger partial charge in [0.1, 0.15) is 5.75 Å². The summed E-state index contributed by atoms with van der Waals surface area (Å²) in [6.07, 6.45) is -4.73. The zero-order valence-electron chi connectivity index (χ0n) is 10.2. The highest BCUT2D eigenvalue weighted by Gasteiger charge is 2.32. The van der Waals surface area contributed by atoms with Crippen LogP contribution in [0, 0.1) is 3.57 Å². The molecule has 1 atom stereocenters. The van der Waals surface area contributed by atoms with E-state index >= 15 is 0 Å². The van der Waals surface area contributed by atoms with Gasteiger partial charge in [-0.3, -0.25) is 0 Å². The van der Waals surface area contributed by atoms with E-state index in [1.807, 2.05) is 12.1 Å². The number of benzene rings is 2. The van der Waals surface area contributed by atoms with Crippen LogP contribution >= 0.6 is 22.6 Å². The molecule has 106 valence electrons. The number of rotatable bonds is 3. The van der Waals surface area contributed by atoms with Gasteiger partial charge < -0.3 is 10.5 Å². The maximum atomic E-state index is 12.4. The van der Waals surface area contributed by atoms with Crippen LogP contribution in [0.15, 0.2) is 48.5 Å². The summed E-state index contributed by atoms with van der Waals surface area (Å²) >= 11 is 2.14. The van der Waals surface area contributed by atoms with Crippen molar-refractivity contribution in [1.82, 2.24) is 0 Å². The number of para-hydroxylation sites is 1. The fourth-order valence-corrected chi connectivity index (χ4v) is 2.16. The van der Waals surface area contributed by atoms with Crippen LogP contribution in [0.25, 0.3) is 0 Å². The second-order valence-electron chi connectivity index (χ2n) is 4.11. The van der Waals surface area contributed by atoms with E-state index in [1.54, 1.807) is 18.2 Å². The molecule has 6 heteroatoms. The fraction of sp³-hybridized carbons (Fsp3) is 0.143. The molecule has 0 aliphatic carbocycles. The van der Waals surface area contributed by atoms with Crippen molar-refractivity contribution >= 4 is 22.6 Å². The van der Waals surface area contributed by atoms with E-state index in [4.69, 9.17) is 5.73 Å². The molecule has 2 rings (SSSR count). The quantitative estimate of drug-likeness (QED) is 0.793. The molecule has 0 radical (unpaired) electrons. The minimum absolute atomic E-state index is 0.272. The lowest BCUT2D eigenvalue weighted by atomic mass is 9.99. The Kier molecular flexibility index (Phi) is 4.54. The van der Waals surface area contributed by atoms with Crippen molar-refractivity contribution in [3.8, 4) is 5.75 Å². The normalized spacial score (nSPS) is 13.1. The van der Waals surface area contributed by atoms with Crippen molar-refractivity contribution in [1.29, 1.82) is 0 Å².